The number of rotatable bonds is 3. The highest BCUT2D eigenvalue weighted by atomic mass is 35.5. The molecule has 1 atom stereocenters. The molecule has 1 aromatic carbocycles. The van der Waals surface area contributed by atoms with Crippen LogP contribution in [0.1, 0.15) is 6.42 Å². The first-order chi connectivity index (χ1) is 10.5. The highest BCUT2D eigenvalue weighted by molar-refractivity contribution is 6.30. The highest BCUT2D eigenvalue weighted by Gasteiger charge is 2.35. The van der Waals surface area contributed by atoms with E-state index in [9.17, 15) is 14.4 Å². The number of nitrogens with one attached hydrogen (secondary N) is 2. The van der Waals surface area contributed by atoms with Crippen LogP contribution in [-0.4, -0.2) is 49.0 Å². The molecule has 1 aliphatic heterocycles. The number of methoxy groups -OCH3 is 1. The van der Waals surface area contributed by atoms with Crippen molar-refractivity contribution in [3.05, 3.63) is 29.3 Å². The van der Waals surface area contributed by atoms with Crippen molar-refractivity contribution in [2.24, 2.45) is 0 Å². The third-order valence-corrected chi connectivity index (χ3v) is 3.53. The number of piperazine rings is 1. The predicted molar refractivity (Wildman–Crippen MR) is 80.6 cm³/mol. The van der Waals surface area contributed by atoms with E-state index >= 15 is 0 Å². The van der Waals surface area contributed by atoms with Gasteiger partial charge in [0.2, 0.25) is 5.91 Å². The van der Waals surface area contributed by atoms with Gasteiger partial charge in [0.05, 0.1) is 13.5 Å². The molecule has 1 saturated heterocycles. The van der Waals surface area contributed by atoms with Gasteiger partial charge >= 0.3 is 12.0 Å². The summed E-state index contributed by atoms with van der Waals surface area (Å²) < 4.78 is 4.57. The lowest BCUT2D eigenvalue weighted by Crippen LogP contribution is -2.58. The molecule has 1 aromatic rings. The Kier molecular flexibility index (Phi) is 5.21. The first kappa shape index (κ1) is 16.1. The Hall–Kier alpha value is -2.28. The number of nitrogens with zero attached hydrogens (tertiary/aromatic N) is 1. The molecule has 2 N–H and O–H groups in total. The van der Waals surface area contributed by atoms with Crippen molar-refractivity contribution in [3.63, 3.8) is 0 Å². The summed E-state index contributed by atoms with van der Waals surface area (Å²) in [5.41, 5.74) is 0.553. The van der Waals surface area contributed by atoms with Crippen LogP contribution in [0.25, 0.3) is 0 Å². The Labute approximate surface area is 132 Å². The lowest BCUT2D eigenvalue weighted by atomic mass is 10.1. The standard InChI is InChI=1S/C14H16ClN3O4/c1-22-12(19)8-11-13(20)16-6-7-18(11)14(21)17-10-4-2-9(15)3-5-10/h2-5,11H,6-8H2,1H3,(H,16,20)(H,17,21)/t11-/m1/s1. The normalized spacial score (nSPS) is 17.6. The number of amides is 3. The monoisotopic (exact) mass is 325 g/mol. The molecule has 0 unspecified atom stereocenters. The summed E-state index contributed by atoms with van der Waals surface area (Å²) in [6, 6.07) is 5.26. The van der Waals surface area contributed by atoms with Crippen LogP contribution in [0, 0.1) is 0 Å². The summed E-state index contributed by atoms with van der Waals surface area (Å²) in [7, 11) is 1.24. The van der Waals surface area contributed by atoms with Gasteiger partial charge in [-0.25, -0.2) is 4.79 Å². The quantitative estimate of drug-likeness (QED) is 0.818. The number of hydrogen-bond acceptors (Lipinski definition) is 4. The van der Waals surface area contributed by atoms with Gasteiger partial charge in [0.15, 0.2) is 0 Å². The molecule has 1 heterocycles. The minimum atomic E-state index is -0.881. The van der Waals surface area contributed by atoms with E-state index in [1.807, 2.05) is 0 Å². The van der Waals surface area contributed by atoms with E-state index in [2.05, 4.69) is 15.4 Å². The molecule has 1 aliphatic rings. The van der Waals surface area contributed by atoms with Gasteiger partial charge < -0.3 is 20.3 Å². The summed E-state index contributed by atoms with van der Waals surface area (Å²) in [6.07, 6.45) is -0.184. The number of carbonyl (C=O) groups excluding carboxylic acids is 3. The molecule has 7 nitrogen and oxygen atoms in total. The van der Waals surface area contributed by atoms with E-state index in [-0.39, 0.29) is 12.3 Å². The minimum Gasteiger partial charge on any atom is -0.469 e. The first-order valence-corrected chi connectivity index (χ1v) is 7.07. The van der Waals surface area contributed by atoms with Gasteiger partial charge in [0.1, 0.15) is 6.04 Å². The third kappa shape index (κ3) is 3.88. The van der Waals surface area contributed by atoms with Gasteiger partial charge in [-0.2, -0.15) is 0 Å². The summed E-state index contributed by atoms with van der Waals surface area (Å²) in [5, 5.41) is 5.86. The van der Waals surface area contributed by atoms with Crippen LogP contribution >= 0.6 is 11.6 Å². The molecule has 0 bridgehead atoms. The van der Waals surface area contributed by atoms with Crippen LogP contribution < -0.4 is 10.6 Å². The van der Waals surface area contributed by atoms with Crippen molar-refractivity contribution in [3.8, 4) is 0 Å². The van der Waals surface area contributed by atoms with Crippen molar-refractivity contribution in [1.82, 2.24) is 10.2 Å². The molecule has 0 radical (unpaired) electrons. The fourth-order valence-electron chi connectivity index (χ4n) is 2.13. The van der Waals surface area contributed by atoms with Crippen molar-refractivity contribution >= 4 is 35.2 Å². The molecule has 3 amide bonds. The van der Waals surface area contributed by atoms with Crippen LogP contribution in [0.15, 0.2) is 24.3 Å². The number of hydrogen-bond donors (Lipinski definition) is 2. The highest BCUT2D eigenvalue weighted by Crippen LogP contribution is 2.16. The van der Waals surface area contributed by atoms with E-state index in [4.69, 9.17) is 11.6 Å². The Bertz CT molecular complexity index is 576. The summed E-state index contributed by atoms with van der Waals surface area (Å²) in [6.45, 7) is 0.650. The maximum absolute atomic E-state index is 12.3. The van der Waals surface area contributed by atoms with Crippen LogP contribution in [-0.2, 0) is 14.3 Å². The van der Waals surface area contributed by atoms with Crippen LogP contribution in [0.5, 0.6) is 0 Å². The SMILES string of the molecule is COC(=O)C[C@@H]1C(=O)NCCN1C(=O)Nc1ccc(Cl)cc1. The van der Waals surface area contributed by atoms with Gasteiger partial charge in [-0.05, 0) is 24.3 Å². The van der Waals surface area contributed by atoms with Gasteiger partial charge in [-0.1, -0.05) is 11.6 Å². The number of ether oxygens (including phenoxy) is 1. The topological polar surface area (TPSA) is 87.7 Å². The second-order valence-electron chi connectivity index (χ2n) is 4.72. The van der Waals surface area contributed by atoms with Gasteiger partial charge in [-0.15, -0.1) is 0 Å². The molecule has 22 heavy (non-hydrogen) atoms. The number of esters is 1. The third-order valence-electron chi connectivity index (χ3n) is 3.27. The van der Waals surface area contributed by atoms with Crippen molar-refractivity contribution in [1.29, 1.82) is 0 Å². The number of urea groups is 1. The van der Waals surface area contributed by atoms with Crippen molar-refractivity contribution in [2.75, 3.05) is 25.5 Å². The van der Waals surface area contributed by atoms with E-state index in [1.165, 1.54) is 12.0 Å². The number of benzene rings is 1. The van der Waals surface area contributed by atoms with Crippen LogP contribution in [0.3, 0.4) is 0 Å². The first-order valence-electron chi connectivity index (χ1n) is 6.69. The number of carbonyl (C=O) groups is 3. The predicted octanol–water partition coefficient (Wildman–Crippen LogP) is 1.24. The van der Waals surface area contributed by atoms with Gasteiger partial charge in [-0.3, -0.25) is 9.59 Å². The van der Waals surface area contributed by atoms with Gasteiger partial charge in [0, 0.05) is 23.8 Å². The minimum absolute atomic E-state index is 0.184. The molecular weight excluding hydrogens is 310 g/mol. The maximum Gasteiger partial charge on any atom is 0.322 e. The Balaban J connectivity index is 2.09. The Morgan fingerprint density at radius 1 is 1.41 bits per heavy atom. The van der Waals surface area contributed by atoms with E-state index < -0.39 is 18.0 Å². The average molecular weight is 326 g/mol. The maximum atomic E-state index is 12.3. The zero-order valence-corrected chi connectivity index (χ0v) is 12.7. The second kappa shape index (κ2) is 7.13. The smallest absolute Gasteiger partial charge is 0.322 e. The zero-order valence-electron chi connectivity index (χ0n) is 12.0. The molecular formula is C14H16ClN3O4. The Morgan fingerprint density at radius 2 is 2.09 bits per heavy atom. The second-order valence-corrected chi connectivity index (χ2v) is 5.15. The summed E-state index contributed by atoms with van der Waals surface area (Å²) >= 11 is 5.79. The van der Waals surface area contributed by atoms with Crippen LogP contribution in [0.4, 0.5) is 10.5 Å². The lowest BCUT2D eigenvalue weighted by molar-refractivity contribution is -0.145. The van der Waals surface area contributed by atoms with Crippen molar-refractivity contribution < 1.29 is 19.1 Å². The molecule has 118 valence electrons. The lowest BCUT2D eigenvalue weighted by Gasteiger charge is -2.34. The summed E-state index contributed by atoms with van der Waals surface area (Å²) in [5.74, 6) is -0.922. The van der Waals surface area contributed by atoms with Crippen LogP contribution in [0.2, 0.25) is 5.02 Å². The molecule has 0 spiro atoms. The molecule has 1 fully saturated rings. The molecule has 0 saturated carbocycles. The summed E-state index contributed by atoms with van der Waals surface area (Å²) in [4.78, 5) is 37.0. The molecule has 0 aliphatic carbocycles. The fraction of sp³-hybridized carbons (Fsp3) is 0.357. The molecule has 2 rings (SSSR count). The Morgan fingerprint density at radius 3 is 2.73 bits per heavy atom. The van der Waals surface area contributed by atoms with E-state index in [0.29, 0.717) is 23.8 Å². The molecule has 8 heteroatoms. The fourth-order valence-corrected chi connectivity index (χ4v) is 2.26. The largest absolute Gasteiger partial charge is 0.469 e. The average Bonchev–Trinajstić information content (AvgIpc) is 2.51. The number of anilines is 1. The van der Waals surface area contributed by atoms with Crippen molar-refractivity contribution in [2.45, 2.75) is 12.5 Å². The number of halogens is 1. The zero-order chi connectivity index (χ0) is 16.1. The van der Waals surface area contributed by atoms with E-state index in [1.54, 1.807) is 24.3 Å². The van der Waals surface area contributed by atoms with E-state index in [0.717, 1.165) is 0 Å². The molecule has 0 aromatic heterocycles. The van der Waals surface area contributed by atoms with Gasteiger partial charge in [0.25, 0.3) is 0 Å².